The first-order valence-corrected chi connectivity index (χ1v) is 9.01. The van der Waals surface area contributed by atoms with Gasteiger partial charge in [-0.05, 0) is 17.8 Å². The van der Waals surface area contributed by atoms with E-state index in [0.717, 1.165) is 12.8 Å². The number of H-pyrrole nitrogens is 1. The molecule has 0 radical (unpaired) electrons. The highest BCUT2D eigenvalue weighted by molar-refractivity contribution is 5.79. The van der Waals surface area contributed by atoms with Gasteiger partial charge in [0.2, 0.25) is 12.3 Å². The van der Waals surface area contributed by atoms with Crippen LogP contribution in [0.25, 0.3) is 0 Å². The summed E-state index contributed by atoms with van der Waals surface area (Å²) in [5.41, 5.74) is -0.227. The second kappa shape index (κ2) is 8.47. The number of carbonyl (C=O) groups is 2. The maximum atomic E-state index is 12.9. The molecule has 0 saturated heterocycles. The Morgan fingerprint density at radius 1 is 1.48 bits per heavy atom. The largest absolute Gasteiger partial charge is 0.347 e. The van der Waals surface area contributed by atoms with E-state index < -0.39 is 5.92 Å². The predicted octanol–water partition coefficient (Wildman–Crippen LogP) is 2.66. The van der Waals surface area contributed by atoms with E-state index in [1.807, 2.05) is 20.8 Å². The first-order chi connectivity index (χ1) is 11.8. The van der Waals surface area contributed by atoms with Crippen LogP contribution in [0.2, 0.25) is 0 Å². The number of nitrogens with one attached hydrogen (secondary N) is 2. The molecule has 0 spiro atoms. The molecule has 1 heterocycles. The highest BCUT2D eigenvalue weighted by Gasteiger charge is 2.33. The van der Waals surface area contributed by atoms with Crippen LogP contribution in [0.1, 0.15) is 64.7 Å². The monoisotopic (exact) mass is 350 g/mol. The third kappa shape index (κ3) is 5.56. The number of nitrogens with zero attached hydrogens (tertiary/aromatic N) is 2. The Balaban J connectivity index is 2.11. The minimum atomic E-state index is -0.432. The minimum Gasteiger partial charge on any atom is -0.347 e. The van der Waals surface area contributed by atoms with E-state index in [0.29, 0.717) is 29.6 Å². The summed E-state index contributed by atoms with van der Waals surface area (Å²) in [6.45, 7) is 6.13. The van der Waals surface area contributed by atoms with E-state index in [1.54, 1.807) is 12.4 Å². The molecule has 1 aliphatic carbocycles. The molecule has 2 atom stereocenters. The third-order valence-electron chi connectivity index (χ3n) is 4.94. The van der Waals surface area contributed by atoms with Gasteiger partial charge >= 0.3 is 0 Å². The number of hydroxylamine groups is 2. The molecule has 7 heteroatoms. The molecule has 1 aromatic rings. The fourth-order valence-electron chi connectivity index (χ4n) is 3.57. The lowest BCUT2D eigenvalue weighted by atomic mass is 9.85. The quantitative estimate of drug-likeness (QED) is 0.381. The van der Waals surface area contributed by atoms with Gasteiger partial charge in [-0.1, -0.05) is 46.5 Å². The van der Waals surface area contributed by atoms with E-state index in [-0.39, 0.29) is 23.9 Å². The first-order valence-electron chi connectivity index (χ1n) is 9.01. The zero-order valence-corrected chi connectivity index (χ0v) is 15.4. The summed E-state index contributed by atoms with van der Waals surface area (Å²) < 4.78 is 0. The summed E-state index contributed by atoms with van der Waals surface area (Å²) in [5.74, 6) is 0.603. The second-order valence-electron chi connectivity index (χ2n) is 8.09. The van der Waals surface area contributed by atoms with Crippen LogP contribution in [-0.2, 0) is 9.59 Å². The van der Waals surface area contributed by atoms with Crippen LogP contribution < -0.4 is 5.32 Å². The van der Waals surface area contributed by atoms with Crippen molar-refractivity contribution in [1.82, 2.24) is 20.3 Å². The van der Waals surface area contributed by atoms with Gasteiger partial charge in [0.25, 0.3) is 0 Å². The van der Waals surface area contributed by atoms with Crippen molar-refractivity contribution in [3.63, 3.8) is 0 Å². The molecule has 1 saturated carbocycles. The van der Waals surface area contributed by atoms with Crippen molar-refractivity contribution in [3.8, 4) is 0 Å². The van der Waals surface area contributed by atoms with Crippen molar-refractivity contribution in [2.24, 2.45) is 17.3 Å². The molecule has 1 unspecified atom stereocenters. The normalized spacial score (nSPS) is 17.9. The van der Waals surface area contributed by atoms with E-state index in [9.17, 15) is 14.8 Å². The van der Waals surface area contributed by atoms with Gasteiger partial charge in [-0.3, -0.25) is 14.8 Å². The first kappa shape index (κ1) is 19.4. The standard InChI is InChI=1S/C18H30N4O3/c1-18(2,3)15(16-19-8-9-20-16)21-17(24)14(11-22(25)12-23)10-13-6-4-5-7-13/h8-9,12-15,25H,4-7,10-11H2,1-3H3,(H,19,20)(H,21,24)/t14?,15-/m1/s1. The smallest absolute Gasteiger partial charge is 0.233 e. The van der Waals surface area contributed by atoms with Gasteiger partial charge in [-0.15, -0.1) is 0 Å². The summed E-state index contributed by atoms with van der Waals surface area (Å²) in [7, 11) is 0. The van der Waals surface area contributed by atoms with Gasteiger partial charge in [0.05, 0.1) is 18.5 Å². The Bertz CT molecular complexity index is 547. The second-order valence-corrected chi connectivity index (χ2v) is 8.09. The summed E-state index contributed by atoms with van der Waals surface area (Å²) >= 11 is 0. The summed E-state index contributed by atoms with van der Waals surface area (Å²) in [5, 5.41) is 13.2. The van der Waals surface area contributed by atoms with E-state index >= 15 is 0 Å². The van der Waals surface area contributed by atoms with Gasteiger partial charge in [0, 0.05) is 12.4 Å². The number of carbonyl (C=O) groups excluding carboxylic acids is 2. The lowest BCUT2D eigenvalue weighted by Gasteiger charge is -2.32. The number of imidazole rings is 1. The van der Waals surface area contributed by atoms with Crippen LogP contribution in [0.4, 0.5) is 0 Å². The van der Waals surface area contributed by atoms with Crippen molar-refractivity contribution in [1.29, 1.82) is 0 Å². The summed E-state index contributed by atoms with van der Waals surface area (Å²) in [6.07, 6.45) is 9.03. The molecule has 1 aliphatic rings. The van der Waals surface area contributed by atoms with Crippen molar-refractivity contribution in [2.45, 2.75) is 58.9 Å². The van der Waals surface area contributed by atoms with Crippen LogP contribution in [0.15, 0.2) is 12.4 Å². The molecule has 2 rings (SSSR count). The molecule has 140 valence electrons. The Kier molecular flexibility index (Phi) is 6.58. The Morgan fingerprint density at radius 2 is 2.16 bits per heavy atom. The molecule has 0 aliphatic heterocycles. The third-order valence-corrected chi connectivity index (χ3v) is 4.94. The summed E-state index contributed by atoms with van der Waals surface area (Å²) in [4.78, 5) is 31.1. The molecular weight excluding hydrogens is 320 g/mol. The topological polar surface area (TPSA) is 98.3 Å². The number of hydrogen-bond acceptors (Lipinski definition) is 4. The van der Waals surface area contributed by atoms with Gasteiger partial charge in [0.15, 0.2) is 0 Å². The fraction of sp³-hybridized carbons (Fsp3) is 0.722. The van der Waals surface area contributed by atoms with E-state index in [2.05, 4.69) is 15.3 Å². The minimum absolute atomic E-state index is 0.0147. The molecule has 7 nitrogen and oxygen atoms in total. The molecule has 1 fully saturated rings. The van der Waals surface area contributed by atoms with Gasteiger partial charge in [-0.2, -0.15) is 0 Å². The van der Waals surface area contributed by atoms with Crippen molar-refractivity contribution in [2.75, 3.05) is 6.54 Å². The van der Waals surface area contributed by atoms with E-state index in [1.165, 1.54) is 12.8 Å². The zero-order valence-electron chi connectivity index (χ0n) is 15.4. The number of aromatic nitrogens is 2. The number of hydrogen-bond donors (Lipinski definition) is 3. The molecule has 0 aromatic carbocycles. The van der Waals surface area contributed by atoms with Crippen LogP contribution in [0.3, 0.4) is 0 Å². The molecular formula is C18H30N4O3. The van der Waals surface area contributed by atoms with Gasteiger partial charge in [-0.25, -0.2) is 10.0 Å². The number of aromatic amines is 1. The molecule has 2 amide bonds. The molecule has 3 N–H and O–H groups in total. The van der Waals surface area contributed by atoms with Crippen LogP contribution >= 0.6 is 0 Å². The average molecular weight is 350 g/mol. The summed E-state index contributed by atoms with van der Waals surface area (Å²) in [6, 6.07) is -0.274. The Hall–Kier alpha value is -1.89. The van der Waals surface area contributed by atoms with Crippen molar-refractivity contribution < 1.29 is 14.8 Å². The highest BCUT2D eigenvalue weighted by Crippen LogP contribution is 2.33. The van der Waals surface area contributed by atoms with Crippen molar-refractivity contribution >= 4 is 12.3 Å². The molecule has 25 heavy (non-hydrogen) atoms. The van der Waals surface area contributed by atoms with E-state index in [4.69, 9.17) is 0 Å². The SMILES string of the molecule is CC(C)(C)[C@H](NC(=O)C(CC1CCCC1)CN(O)C=O)c1ncc[nH]1. The number of rotatable bonds is 8. The van der Waals surface area contributed by atoms with Gasteiger partial charge in [0.1, 0.15) is 5.82 Å². The van der Waals surface area contributed by atoms with Gasteiger partial charge < -0.3 is 10.3 Å². The van der Waals surface area contributed by atoms with Crippen LogP contribution in [-0.4, -0.2) is 39.1 Å². The number of amides is 2. The zero-order chi connectivity index (χ0) is 18.4. The Morgan fingerprint density at radius 3 is 2.68 bits per heavy atom. The van der Waals surface area contributed by atoms with Crippen LogP contribution in [0, 0.1) is 17.3 Å². The Labute approximate surface area is 149 Å². The lowest BCUT2D eigenvalue weighted by molar-refractivity contribution is -0.155. The molecule has 0 bridgehead atoms. The van der Waals surface area contributed by atoms with Crippen molar-refractivity contribution in [3.05, 3.63) is 18.2 Å². The maximum Gasteiger partial charge on any atom is 0.233 e. The maximum absolute atomic E-state index is 12.9. The predicted molar refractivity (Wildman–Crippen MR) is 93.5 cm³/mol. The lowest BCUT2D eigenvalue weighted by Crippen LogP contribution is -2.43. The highest BCUT2D eigenvalue weighted by atomic mass is 16.5. The fourth-order valence-corrected chi connectivity index (χ4v) is 3.57. The molecule has 1 aromatic heterocycles. The van der Waals surface area contributed by atoms with Crippen LogP contribution in [0.5, 0.6) is 0 Å². The average Bonchev–Trinajstić information content (AvgIpc) is 3.23.